The van der Waals surface area contributed by atoms with Crippen LogP contribution < -0.4 is 5.32 Å². The van der Waals surface area contributed by atoms with Gasteiger partial charge in [-0.1, -0.05) is 40.2 Å². The van der Waals surface area contributed by atoms with Crippen molar-refractivity contribution in [2.75, 3.05) is 7.05 Å². The topological polar surface area (TPSA) is 49.4 Å². The molecule has 1 N–H and O–H groups in total. The molecule has 0 unspecified atom stereocenters. The van der Waals surface area contributed by atoms with Crippen molar-refractivity contribution in [3.63, 3.8) is 0 Å². The molecular formula is C20H21BrN2O2. The molecule has 5 heteroatoms. The largest absolute Gasteiger partial charge is 0.355 e. The zero-order valence-corrected chi connectivity index (χ0v) is 15.8. The van der Waals surface area contributed by atoms with Crippen molar-refractivity contribution in [3.8, 4) is 0 Å². The van der Waals surface area contributed by atoms with E-state index in [9.17, 15) is 9.59 Å². The van der Waals surface area contributed by atoms with E-state index in [0.717, 1.165) is 28.4 Å². The van der Waals surface area contributed by atoms with Crippen molar-refractivity contribution >= 4 is 27.7 Å². The molecule has 3 rings (SSSR count). The molecule has 0 aliphatic heterocycles. The Morgan fingerprint density at radius 1 is 1.04 bits per heavy atom. The molecule has 1 aliphatic rings. The fraction of sp³-hybridized carbons (Fsp3) is 0.300. The van der Waals surface area contributed by atoms with Crippen LogP contribution in [-0.2, 0) is 17.8 Å². The summed E-state index contributed by atoms with van der Waals surface area (Å²) >= 11 is 3.42. The summed E-state index contributed by atoms with van der Waals surface area (Å²) in [6.45, 7) is 0.591. The van der Waals surface area contributed by atoms with Crippen molar-refractivity contribution < 1.29 is 9.59 Å². The number of nitrogens with zero attached hydrogens (tertiary/aromatic N) is 1. The minimum absolute atomic E-state index is 0.100. The summed E-state index contributed by atoms with van der Waals surface area (Å²) in [7, 11) is 1.62. The number of hydrogen-bond donors (Lipinski definition) is 1. The number of hydrogen-bond acceptors (Lipinski definition) is 2. The first-order valence-electron chi connectivity index (χ1n) is 8.42. The summed E-state index contributed by atoms with van der Waals surface area (Å²) in [5, 5.41) is 2.61. The molecule has 0 heterocycles. The summed E-state index contributed by atoms with van der Waals surface area (Å²) in [4.78, 5) is 26.3. The van der Waals surface area contributed by atoms with E-state index in [0.29, 0.717) is 24.6 Å². The van der Waals surface area contributed by atoms with Gasteiger partial charge in [-0.05, 0) is 48.2 Å². The molecule has 2 aromatic carbocycles. The van der Waals surface area contributed by atoms with E-state index in [1.165, 1.54) is 0 Å². The molecule has 1 saturated carbocycles. The van der Waals surface area contributed by atoms with E-state index in [1.807, 2.05) is 41.3 Å². The van der Waals surface area contributed by atoms with Crippen molar-refractivity contribution in [1.29, 1.82) is 0 Å². The molecule has 0 bridgehead atoms. The maximum Gasteiger partial charge on any atom is 0.251 e. The summed E-state index contributed by atoms with van der Waals surface area (Å²) in [6.07, 6.45) is 2.56. The van der Waals surface area contributed by atoms with Crippen LogP contribution in [0.4, 0.5) is 0 Å². The highest BCUT2D eigenvalue weighted by Gasteiger charge is 2.32. The molecule has 4 nitrogen and oxygen atoms in total. The first kappa shape index (κ1) is 17.7. The summed E-state index contributed by atoms with van der Waals surface area (Å²) in [5.41, 5.74) is 2.70. The molecule has 2 aromatic rings. The maximum absolute atomic E-state index is 12.8. The fourth-order valence-corrected chi connectivity index (χ4v) is 3.05. The SMILES string of the molecule is CNC(=O)c1ccc(CN(C(=O)Cc2ccc(Br)cc2)C2CC2)cc1. The van der Waals surface area contributed by atoms with Crippen LogP contribution in [-0.4, -0.2) is 29.8 Å². The van der Waals surface area contributed by atoms with Crippen LogP contribution in [0, 0.1) is 0 Å². The third kappa shape index (κ3) is 4.69. The van der Waals surface area contributed by atoms with E-state index < -0.39 is 0 Å². The molecule has 0 spiro atoms. The number of benzene rings is 2. The highest BCUT2D eigenvalue weighted by Crippen LogP contribution is 2.29. The van der Waals surface area contributed by atoms with Gasteiger partial charge in [0.25, 0.3) is 5.91 Å². The van der Waals surface area contributed by atoms with Crippen molar-refractivity contribution in [3.05, 3.63) is 69.7 Å². The molecule has 0 radical (unpaired) electrons. The van der Waals surface area contributed by atoms with Gasteiger partial charge in [0.1, 0.15) is 0 Å². The molecule has 2 amide bonds. The number of carbonyl (C=O) groups is 2. The van der Waals surface area contributed by atoms with Gasteiger partial charge >= 0.3 is 0 Å². The zero-order chi connectivity index (χ0) is 17.8. The van der Waals surface area contributed by atoms with Gasteiger partial charge in [0.15, 0.2) is 0 Å². The molecule has 0 atom stereocenters. The monoisotopic (exact) mass is 400 g/mol. The second-order valence-electron chi connectivity index (χ2n) is 6.33. The predicted molar refractivity (Wildman–Crippen MR) is 101 cm³/mol. The third-order valence-electron chi connectivity index (χ3n) is 4.37. The lowest BCUT2D eigenvalue weighted by molar-refractivity contribution is -0.131. The first-order valence-corrected chi connectivity index (χ1v) is 9.21. The zero-order valence-electron chi connectivity index (χ0n) is 14.2. The van der Waals surface area contributed by atoms with Gasteiger partial charge < -0.3 is 10.2 Å². The fourth-order valence-electron chi connectivity index (χ4n) is 2.79. The molecule has 0 aromatic heterocycles. The van der Waals surface area contributed by atoms with E-state index in [-0.39, 0.29) is 11.8 Å². The Kier molecular flexibility index (Phi) is 5.53. The minimum atomic E-state index is -0.100. The predicted octanol–water partition coefficient (Wildman–Crippen LogP) is 3.54. The molecule has 1 aliphatic carbocycles. The van der Waals surface area contributed by atoms with Crippen LogP contribution in [0.2, 0.25) is 0 Å². The van der Waals surface area contributed by atoms with E-state index in [1.54, 1.807) is 19.2 Å². The van der Waals surface area contributed by atoms with E-state index >= 15 is 0 Å². The van der Waals surface area contributed by atoms with Crippen LogP contribution in [0.3, 0.4) is 0 Å². The normalized spacial score (nSPS) is 13.4. The smallest absolute Gasteiger partial charge is 0.251 e. The number of nitrogens with one attached hydrogen (secondary N) is 1. The van der Waals surface area contributed by atoms with Gasteiger partial charge in [-0.3, -0.25) is 9.59 Å². The lowest BCUT2D eigenvalue weighted by Crippen LogP contribution is -2.33. The lowest BCUT2D eigenvalue weighted by Gasteiger charge is -2.23. The summed E-state index contributed by atoms with van der Waals surface area (Å²) in [6, 6.07) is 15.7. The summed E-state index contributed by atoms with van der Waals surface area (Å²) < 4.78 is 1.01. The molecule has 1 fully saturated rings. The van der Waals surface area contributed by atoms with Crippen LogP contribution in [0.5, 0.6) is 0 Å². The van der Waals surface area contributed by atoms with Gasteiger partial charge in [-0.25, -0.2) is 0 Å². The maximum atomic E-state index is 12.8. The average molecular weight is 401 g/mol. The number of halogens is 1. The Bertz CT molecular complexity index is 752. The number of amides is 2. The van der Waals surface area contributed by atoms with E-state index in [4.69, 9.17) is 0 Å². The van der Waals surface area contributed by atoms with Crippen molar-refractivity contribution in [2.24, 2.45) is 0 Å². The van der Waals surface area contributed by atoms with Gasteiger partial charge in [-0.2, -0.15) is 0 Å². The van der Waals surface area contributed by atoms with Crippen LogP contribution in [0.25, 0.3) is 0 Å². The number of carbonyl (C=O) groups excluding carboxylic acids is 2. The Labute approximate surface area is 156 Å². The summed E-state index contributed by atoms with van der Waals surface area (Å²) in [5.74, 6) is 0.0529. The Hall–Kier alpha value is -2.14. The van der Waals surface area contributed by atoms with Crippen LogP contribution in [0.1, 0.15) is 34.3 Å². The van der Waals surface area contributed by atoms with Gasteiger partial charge in [0.05, 0.1) is 6.42 Å². The highest BCUT2D eigenvalue weighted by atomic mass is 79.9. The first-order chi connectivity index (χ1) is 12.1. The van der Waals surface area contributed by atoms with Gasteiger partial charge in [0, 0.05) is 29.7 Å². The van der Waals surface area contributed by atoms with Gasteiger partial charge in [-0.15, -0.1) is 0 Å². The van der Waals surface area contributed by atoms with Crippen molar-refractivity contribution in [2.45, 2.75) is 31.8 Å². The Morgan fingerprint density at radius 3 is 2.20 bits per heavy atom. The van der Waals surface area contributed by atoms with Crippen LogP contribution in [0.15, 0.2) is 53.0 Å². The van der Waals surface area contributed by atoms with Crippen molar-refractivity contribution in [1.82, 2.24) is 10.2 Å². The molecule has 0 saturated heterocycles. The second-order valence-corrected chi connectivity index (χ2v) is 7.25. The highest BCUT2D eigenvalue weighted by molar-refractivity contribution is 9.10. The minimum Gasteiger partial charge on any atom is -0.355 e. The quantitative estimate of drug-likeness (QED) is 0.805. The molecule has 25 heavy (non-hydrogen) atoms. The van der Waals surface area contributed by atoms with Gasteiger partial charge in [0.2, 0.25) is 5.91 Å². The lowest BCUT2D eigenvalue weighted by atomic mass is 10.1. The van der Waals surface area contributed by atoms with E-state index in [2.05, 4.69) is 21.2 Å². The third-order valence-corrected chi connectivity index (χ3v) is 4.90. The molecule has 130 valence electrons. The van der Waals surface area contributed by atoms with Crippen LogP contribution >= 0.6 is 15.9 Å². The molecular weight excluding hydrogens is 380 g/mol. The average Bonchev–Trinajstić information content (AvgIpc) is 3.46. The Balaban J connectivity index is 1.67. The standard InChI is InChI=1S/C20H21BrN2O2/c1-22-20(25)16-6-2-15(3-7-16)13-23(18-10-11-18)19(24)12-14-4-8-17(21)9-5-14/h2-9,18H,10-13H2,1H3,(H,22,25). The number of rotatable bonds is 6. The second kappa shape index (κ2) is 7.83. The Morgan fingerprint density at radius 2 is 1.64 bits per heavy atom.